The largest absolute Gasteiger partial charge is 0.354 e. The minimum atomic E-state index is 0.533. The summed E-state index contributed by atoms with van der Waals surface area (Å²) in [5.74, 6) is 5.96. The predicted molar refractivity (Wildman–Crippen MR) is 134 cm³/mol. The van der Waals surface area contributed by atoms with E-state index >= 15 is 0 Å². The van der Waals surface area contributed by atoms with Crippen LogP contribution in [-0.2, 0) is 0 Å². The normalized spacial score (nSPS) is 20.0. The molecule has 0 aromatic carbocycles. The smallest absolute Gasteiger partial charge is 0.134 e. The summed E-state index contributed by atoms with van der Waals surface area (Å²) in [7, 11) is 0. The van der Waals surface area contributed by atoms with Crippen molar-refractivity contribution in [3.63, 3.8) is 0 Å². The van der Waals surface area contributed by atoms with E-state index in [1.807, 2.05) is 12.1 Å². The van der Waals surface area contributed by atoms with Crippen LogP contribution in [-0.4, -0.2) is 46.6 Å². The molecule has 0 aliphatic carbocycles. The van der Waals surface area contributed by atoms with Crippen molar-refractivity contribution in [2.24, 2.45) is 0 Å². The van der Waals surface area contributed by atoms with Crippen LogP contribution in [0.5, 0.6) is 0 Å². The van der Waals surface area contributed by atoms with Gasteiger partial charge in [-0.05, 0) is 94.3 Å². The lowest BCUT2D eigenvalue weighted by atomic mass is 9.88. The Hall–Kier alpha value is -2.58. The second-order valence-electron chi connectivity index (χ2n) is 9.31. The molecule has 5 heteroatoms. The molecule has 32 heavy (non-hydrogen) atoms. The van der Waals surface area contributed by atoms with E-state index in [1.54, 1.807) is 6.20 Å². The molecule has 4 heterocycles. The summed E-state index contributed by atoms with van der Waals surface area (Å²) in [4.78, 5) is 14.6. The number of hydrogen-bond acceptors (Lipinski definition) is 5. The quantitative estimate of drug-likeness (QED) is 0.582. The molecule has 1 N–H and O–H groups in total. The van der Waals surface area contributed by atoms with Gasteiger partial charge in [-0.15, -0.1) is 6.42 Å². The Morgan fingerprint density at radius 3 is 2.53 bits per heavy atom. The summed E-state index contributed by atoms with van der Waals surface area (Å²) in [6.45, 7) is 10.4. The van der Waals surface area contributed by atoms with E-state index in [0.29, 0.717) is 12.0 Å². The maximum absolute atomic E-state index is 5.58. The van der Waals surface area contributed by atoms with Crippen LogP contribution in [0.4, 0.5) is 17.5 Å². The third-order valence-corrected chi connectivity index (χ3v) is 7.32. The van der Waals surface area contributed by atoms with Crippen LogP contribution < -0.4 is 10.2 Å². The van der Waals surface area contributed by atoms with E-state index in [2.05, 4.69) is 58.9 Å². The van der Waals surface area contributed by atoms with Gasteiger partial charge in [0, 0.05) is 30.4 Å². The van der Waals surface area contributed by atoms with Crippen LogP contribution in [0.25, 0.3) is 0 Å². The summed E-state index contributed by atoms with van der Waals surface area (Å²) in [6.07, 6.45) is 14.7. The number of piperidine rings is 1. The molecule has 170 valence electrons. The first-order valence-corrected chi connectivity index (χ1v) is 12.3. The highest BCUT2D eigenvalue weighted by atomic mass is 15.2. The molecule has 0 spiro atoms. The van der Waals surface area contributed by atoms with Gasteiger partial charge in [-0.1, -0.05) is 19.8 Å². The van der Waals surface area contributed by atoms with Crippen LogP contribution in [0.3, 0.4) is 0 Å². The molecule has 0 bridgehead atoms. The van der Waals surface area contributed by atoms with E-state index in [1.165, 1.54) is 57.2 Å². The van der Waals surface area contributed by atoms with Crippen molar-refractivity contribution in [1.82, 2.24) is 14.9 Å². The first-order valence-electron chi connectivity index (χ1n) is 12.3. The lowest BCUT2D eigenvalue weighted by Gasteiger charge is -2.37. The summed E-state index contributed by atoms with van der Waals surface area (Å²) < 4.78 is 0. The van der Waals surface area contributed by atoms with Crippen LogP contribution >= 0.6 is 0 Å². The van der Waals surface area contributed by atoms with Crippen molar-refractivity contribution in [2.75, 3.05) is 29.9 Å². The van der Waals surface area contributed by atoms with Crippen molar-refractivity contribution >= 4 is 17.5 Å². The van der Waals surface area contributed by atoms with Crippen LogP contribution in [0.2, 0.25) is 0 Å². The number of hydrogen-bond donors (Lipinski definition) is 1. The number of nitrogens with zero attached hydrogens (tertiary/aromatic N) is 4. The Kier molecular flexibility index (Phi) is 7.32. The SMILES string of the molecule is C#Cc1ccnc(Nc2cc(C3CCN(C(CC)CC)CC3)cc(N3CCCC3C)n2)c1. The molecule has 0 saturated carbocycles. The number of rotatable bonds is 7. The van der Waals surface area contributed by atoms with Crippen LogP contribution in [0.15, 0.2) is 30.5 Å². The fourth-order valence-electron chi connectivity index (χ4n) is 5.38. The summed E-state index contributed by atoms with van der Waals surface area (Å²) in [6, 6.07) is 9.58. The van der Waals surface area contributed by atoms with Crippen molar-refractivity contribution in [2.45, 2.75) is 77.3 Å². The third-order valence-electron chi connectivity index (χ3n) is 7.32. The Morgan fingerprint density at radius 1 is 1.09 bits per heavy atom. The zero-order valence-electron chi connectivity index (χ0n) is 19.8. The molecular weight excluding hydrogens is 394 g/mol. The van der Waals surface area contributed by atoms with Gasteiger partial charge in [0.2, 0.25) is 0 Å². The number of likely N-dealkylation sites (tertiary alicyclic amines) is 1. The van der Waals surface area contributed by atoms with Gasteiger partial charge >= 0.3 is 0 Å². The maximum atomic E-state index is 5.58. The fourth-order valence-corrected chi connectivity index (χ4v) is 5.38. The van der Waals surface area contributed by atoms with Crippen molar-refractivity contribution in [3.05, 3.63) is 41.6 Å². The highest BCUT2D eigenvalue weighted by Crippen LogP contribution is 2.35. The molecule has 5 nitrogen and oxygen atoms in total. The standard InChI is InChI=1S/C27H37N5/c1-5-21-10-13-28-25(17-21)29-26-18-23(19-27(30-26)32-14-8-9-20(32)4)22-11-15-31(16-12-22)24(6-2)7-3/h1,10,13,17-20,22,24H,6-9,11-12,14-16H2,2-4H3,(H,28,29,30). The summed E-state index contributed by atoms with van der Waals surface area (Å²) >= 11 is 0. The Labute approximate surface area is 193 Å². The van der Waals surface area contributed by atoms with Gasteiger partial charge in [0.25, 0.3) is 0 Å². The Bertz CT molecular complexity index is 937. The average molecular weight is 432 g/mol. The van der Waals surface area contributed by atoms with E-state index in [0.717, 1.165) is 35.6 Å². The minimum absolute atomic E-state index is 0.533. The first kappa shape index (κ1) is 22.6. The lowest BCUT2D eigenvalue weighted by molar-refractivity contribution is 0.144. The number of anilines is 3. The van der Waals surface area contributed by atoms with Crippen molar-refractivity contribution in [1.29, 1.82) is 0 Å². The number of nitrogens with one attached hydrogen (secondary N) is 1. The Morgan fingerprint density at radius 2 is 1.88 bits per heavy atom. The molecular formula is C27H37N5. The average Bonchev–Trinajstić information content (AvgIpc) is 3.26. The summed E-state index contributed by atoms with van der Waals surface area (Å²) in [5, 5.41) is 3.43. The van der Waals surface area contributed by atoms with Crippen LogP contribution in [0.1, 0.15) is 76.3 Å². The second-order valence-corrected chi connectivity index (χ2v) is 9.31. The lowest BCUT2D eigenvalue weighted by Crippen LogP contribution is -2.40. The first-order chi connectivity index (χ1) is 15.6. The molecule has 2 aromatic heterocycles. The van der Waals surface area contributed by atoms with Crippen LogP contribution in [0, 0.1) is 12.3 Å². The van der Waals surface area contributed by atoms with E-state index in [9.17, 15) is 0 Å². The fraction of sp³-hybridized carbons (Fsp3) is 0.556. The molecule has 2 aliphatic heterocycles. The zero-order valence-corrected chi connectivity index (χ0v) is 19.8. The highest BCUT2D eigenvalue weighted by molar-refractivity contribution is 5.59. The predicted octanol–water partition coefficient (Wildman–Crippen LogP) is 5.56. The molecule has 4 rings (SSSR count). The van der Waals surface area contributed by atoms with E-state index < -0.39 is 0 Å². The second kappa shape index (κ2) is 10.4. The monoisotopic (exact) mass is 431 g/mol. The molecule has 0 amide bonds. The van der Waals surface area contributed by atoms with Crippen molar-refractivity contribution in [3.8, 4) is 12.3 Å². The van der Waals surface area contributed by atoms with Gasteiger partial charge in [0.1, 0.15) is 17.5 Å². The van der Waals surface area contributed by atoms with Gasteiger partial charge in [0.15, 0.2) is 0 Å². The van der Waals surface area contributed by atoms with Gasteiger partial charge in [-0.25, -0.2) is 9.97 Å². The van der Waals surface area contributed by atoms with Gasteiger partial charge < -0.3 is 15.1 Å². The molecule has 1 unspecified atom stereocenters. The number of pyridine rings is 2. The zero-order chi connectivity index (χ0) is 22.5. The summed E-state index contributed by atoms with van der Waals surface area (Å²) in [5.41, 5.74) is 2.22. The van der Waals surface area contributed by atoms with Gasteiger partial charge in [-0.3, -0.25) is 0 Å². The van der Waals surface area contributed by atoms with Gasteiger partial charge in [-0.2, -0.15) is 0 Å². The van der Waals surface area contributed by atoms with E-state index in [-0.39, 0.29) is 0 Å². The van der Waals surface area contributed by atoms with Gasteiger partial charge in [0.05, 0.1) is 0 Å². The van der Waals surface area contributed by atoms with Crippen molar-refractivity contribution < 1.29 is 0 Å². The third kappa shape index (κ3) is 5.07. The number of terminal acetylenes is 1. The van der Waals surface area contributed by atoms with E-state index in [4.69, 9.17) is 11.4 Å². The highest BCUT2D eigenvalue weighted by Gasteiger charge is 2.27. The maximum Gasteiger partial charge on any atom is 0.134 e. The topological polar surface area (TPSA) is 44.3 Å². The molecule has 0 radical (unpaired) electrons. The number of aromatic nitrogens is 2. The molecule has 2 saturated heterocycles. The molecule has 2 fully saturated rings. The molecule has 2 aliphatic rings. The Balaban J connectivity index is 1.59. The molecule has 1 atom stereocenters. The molecule has 2 aromatic rings. The minimum Gasteiger partial charge on any atom is -0.354 e.